The van der Waals surface area contributed by atoms with Gasteiger partial charge in [-0.1, -0.05) is 94.7 Å². The Bertz CT molecular complexity index is 685. The second-order valence-electron chi connectivity index (χ2n) is 9.34. The predicted molar refractivity (Wildman–Crippen MR) is 132 cm³/mol. The van der Waals surface area contributed by atoms with E-state index in [4.69, 9.17) is 14.2 Å². The van der Waals surface area contributed by atoms with Crippen LogP contribution in [0.3, 0.4) is 0 Å². The minimum absolute atomic E-state index is 0.328. The molecule has 176 valence electrons. The van der Waals surface area contributed by atoms with Crippen LogP contribution < -0.4 is 9.47 Å². The maximum Gasteiger partial charge on any atom is 0.251 e. The average Bonchev–Trinajstić information content (AvgIpc) is 3.63. The fourth-order valence-electron chi connectivity index (χ4n) is 4.47. The molecule has 1 heterocycles. The lowest BCUT2D eigenvalue weighted by Crippen LogP contribution is -2.46. The van der Waals surface area contributed by atoms with Crippen LogP contribution in [0.4, 0.5) is 0 Å². The molecule has 0 spiro atoms. The Morgan fingerprint density at radius 1 is 0.781 bits per heavy atom. The number of hydrogen-bond acceptors (Lipinski definition) is 3. The number of epoxide rings is 1. The van der Waals surface area contributed by atoms with Gasteiger partial charge in [0.25, 0.3) is 5.79 Å². The summed E-state index contributed by atoms with van der Waals surface area (Å²) in [7, 11) is 0. The summed E-state index contributed by atoms with van der Waals surface area (Å²) in [5.74, 6) is 1.35. The molecule has 3 heteroatoms. The summed E-state index contributed by atoms with van der Waals surface area (Å²) < 4.78 is 18.6. The zero-order chi connectivity index (χ0) is 22.5. The summed E-state index contributed by atoms with van der Waals surface area (Å²) in [4.78, 5) is 0. The Hall–Kier alpha value is -2.00. The molecule has 0 amide bonds. The van der Waals surface area contributed by atoms with Crippen molar-refractivity contribution < 1.29 is 14.2 Å². The summed E-state index contributed by atoms with van der Waals surface area (Å²) in [6.45, 7) is 5.36. The topological polar surface area (TPSA) is 31.0 Å². The molecule has 3 rings (SSSR count). The van der Waals surface area contributed by atoms with Crippen molar-refractivity contribution in [2.45, 2.75) is 96.4 Å². The summed E-state index contributed by atoms with van der Waals surface area (Å²) >= 11 is 0. The molecular formula is C29H42O3. The number of hydrogen-bond donors (Lipinski definition) is 0. The monoisotopic (exact) mass is 438 g/mol. The third-order valence-electron chi connectivity index (χ3n) is 6.51. The van der Waals surface area contributed by atoms with Crippen molar-refractivity contribution in [3.8, 4) is 11.5 Å². The Morgan fingerprint density at radius 2 is 1.28 bits per heavy atom. The fraction of sp³-hybridized carbons (Fsp3) is 0.586. The van der Waals surface area contributed by atoms with Gasteiger partial charge in [0, 0.05) is 12.8 Å². The van der Waals surface area contributed by atoms with Crippen molar-refractivity contribution >= 4 is 0 Å². The summed E-state index contributed by atoms with van der Waals surface area (Å²) in [6, 6.07) is 20.3. The van der Waals surface area contributed by atoms with E-state index in [2.05, 4.69) is 13.8 Å². The number of ether oxygens (including phenoxy) is 3. The van der Waals surface area contributed by atoms with E-state index >= 15 is 0 Å². The van der Waals surface area contributed by atoms with Gasteiger partial charge in [-0.05, 0) is 43.5 Å². The van der Waals surface area contributed by atoms with Crippen molar-refractivity contribution in [1.82, 2.24) is 0 Å². The first-order valence-electron chi connectivity index (χ1n) is 12.8. The molecule has 0 aliphatic carbocycles. The minimum atomic E-state index is -0.706. The van der Waals surface area contributed by atoms with Gasteiger partial charge in [-0.3, -0.25) is 0 Å². The summed E-state index contributed by atoms with van der Waals surface area (Å²) in [6.07, 6.45) is 14.2. The highest BCUT2D eigenvalue weighted by Gasteiger charge is 2.38. The van der Waals surface area contributed by atoms with E-state index in [1.165, 1.54) is 57.8 Å². The highest BCUT2D eigenvalue weighted by Crippen LogP contribution is 2.35. The van der Waals surface area contributed by atoms with Crippen LogP contribution in [0.5, 0.6) is 11.5 Å². The van der Waals surface area contributed by atoms with E-state index < -0.39 is 5.79 Å². The van der Waals surface area contributed by atoms with Crippen LogP contribution in [0.15, 0.2) is 60.7 Å². The molecule has 1 aliphatic rings. The summed E-state index contributed by atoms with van der Waals surface area (Å²) in [5.41, 5.74) is 0. The lowest BCUT2D eigenvalue weighted by molar-refractivity contribution is -0.146. The van der Waals surface area contributed by atoms with Gasteiger partial charge in [-0.2, -0.15) is 0 Å². The predicted octanol–water partition coefficient (Wildman–Crippen LogP) is 8.19. The van der Waals surface area contributed by atoms with E-state index in [0.717, 1.165) is 30.9 Å². The fourth-order valence-corrected chi connectivity index (χ4v) is 4.47. The van der Waals surface area contributed by atoms with Crippen LogP contribution in [0.1, 0.15) is 84.5 Å². The van der Waals surface area contributed by atoms with Crippen LogP contribution in [0.25, 0.3) is 0 Å². The molecular weight excluding hydrogens is 396 g/mol. The highest BCUT2D eigenvalue weighted by molar-refractivity contribution is 5.24. The molecule has 0 N–H and O–H groups in total. The Balaban J connectivity index is 1.68. The maximum absolute atomic E-state index is 6.61. The van der Waals surface area contributed by atoms with Gasteiger partial charge in [0.1, 0.15) is 11.5 Å². The van der Waals surface area contributed by atoms with Crippen LogP contribution >= 0.6 is 0 Å². The molecule has 0 saturated carbocycles. The average molecular weight is 439 g/mol. The van der Waals surface area contributed by atoms with Gasteiger partial charge in [-0.15, -0.1) is 0 Å². The standard InChI is InChI=1S/C29H42O3/c1-3-4-5-6-7-10-17-25(18-15-16-23-28-24-30-28)29(2,31-26-19-11-8-12-20-26)32-27-21-13-9-14-22-27/h8-9,11-14,19-22,25,28H,3-7,10,15-18,23-24H2,1-2H3. The van der Waals surface area contributed by atoms with Gasteiger partial charge >= 0.3 is 0 Å². The first kappa shape index (κ1) is 24.6. The van der Waals surface area contributed by atoms with Crippen molar-refractivity contribution in [2.75, 3.05) is 6.61 Å². The van der Waals surface area contributed by atoms with E-state index in [9.17, 15) is 0 Å². The van der Waals surface area contributed by atoms with Crippen LogP contribution in [-0.2, 0) is 4.74 Å². The zero-order valence-electron chi connectivity index (χ0n) is 20.1. The molecule has 2 unspecified atom stereocenters. The second kappa shape index (κ2) is 13.5. The highest BCUT2D eigenvalue weighted by atomic mass is 16.7. The lowest BCUT2D eigenvalue weighted by atomic mass is 9.87. The van der Waals surface area contributed by atoms with E-state index in [-0.39, 0.29) is 0 Å². The lowest BCUT2D eigenvalue weighted by Gasteiger charge is -2.38. The first-order chi connectivity index (χ1) is 15.7. The molecule has 0 bridgehead atoms. The maximum atomic E-state index is 6.61. The molecule has 2 aromatic carbocycles. The van der Waals surface area contributed by atoms with Crippen LogP contribution in [0, 0.1) is 5.92 Å². The normalized spacial score (nSPS) is 16.5. The van der Waals surface area contributed by atoms with Gasteiger partial charge < -0.3 is 14.2 Å². The van der Waals surface area contributed by atoms with Gasteiger partial charge in [0.05, 0.1) is 12.7 Å². The second-order valence-corrected chi connectivity index (χ2v) is 9.34. The molecule has 32 heavy (non-hydrogen) atoms. The van der Waals surface area contributed by atoms with Crippen molar-refractivity contribution in [3.63, 3.8) is 0 Å². The van der Waals surface area contributed by atoms with E-state index in [1.54, 1.807) is 0 Å². The SMILES string of the molecule is CCCCCCCCC(CCCCC1CO1)C(C)(Oc1ccccc1)Oc1ccccc1. The van der Waals surface area contributed by atoms with Gasteiger partial charge in [-0.25, -0.2) is 0 Å². The number of rotatable bonds is 17. The van der Waals surface area contributed by atoms with Gasteiger partial charge in [0.2, 0.25) is 0 Å². The molecule has 0 aromatic heterocycles. The largest absolute Gasteiger partial charge is 0.452 e. The molecule has 1 aliphatic heterocycles. The van der Waals surface area contributed by atoms with E-state index in [0.29, 0.717) is 12.0 Å². The van der Waals surface area contributed by atoms with Crippen molar-refractivity contribution in [1.29, 1.82) is 0 Å². The van der Waals surface area contributed by atoms with Gasteiger partial charge in [0.15, 0.2) is 0 Å². The van der Waals surface area contributed by atoms with Crippen LogP contribution in [-0.4, -0.2) is 18.5 Å². The number of para-hydroxylation sites is 2. The number of benzene rings is 2. The molecule has 3 nitrogen and oxygen atoms in total. The zero-order valence-corrected chi connectivity index (χ0v) is 20.1. The smallest absolute Gasteiger partial charge is 0.251 e. The Kier molecular flexibility index (Phi) is 10.4. The molecule has 2 aromatic rings. The Labute approximate surface area is 195 Å². The minimum Gasteiger partial charge on any atom is -0.452 e. The quantitative estimate of drug-likeness (QED) is 0.142. The number of unbranched alkanes of at least 4 members (excludes halogenated alkanes) is 6. The molecule has 0 radical (unpaired) electrons. The molecule has 1 saturated heterocycles. The summed E-state index contributed by atoms with van der Waals surface area (Å²) in [5, 5.41) is 0. The Morgan fingerprint density at radius 3 is 1.81 bits per heavy atom. The first-order valence-corrected chi connectivity index (χ1v) is 12.8. The third-order valence-corrected chi connectivity index (χ3v) is 6.51. The molecule has 1 fully saturated rings. The van der Waals surface area contributed by atoms with Crippen molar-refractivity contribution in [3.05, 3.63) is 60.7 Å². The van der Waals surface area contributed by atoms with Crippen LogP contribution in [0.2, 0.25) is 0 Å². The molecule has 2 atom stereocenters. The van der Waals surface area contributed by atoms with E-state index in [1.807, 2.05) is 60.7 Å². The third kappa shape index (κ3) is 8.86. The van der Waals surface area contributed by atoms with Crippen molar-refractivity contribution in [2.24, 2.45) is 5.92 Å².